The second kappa shape index (κ2) is 8.14. The Morgan fingerprint density at radius 2 is 1.89 bits per heavy atom. The molecule has 1 aromatic carbocycles. The number of sulfonamides is 1. The third kappa shape index (κ3) is 5.59. The first-order valence-electron chi connectivity index (χ1n) is 6.43. The first kappa shape index (κ1) is 15.9. The Labute approximate surface area is 114 Å². The minimum atomic E-state index is -3.43. The third-order valence-electron chi connectivity index (χ3n) is 2.57. The zero-order valence-electron chi connectivity index (χ0n) is 11.1. The molecule has 6 heteroatoms. The van der Waals surface area contributed by atoms with E-state index in [0.717, 1.165) is 19.3 Å². The summed E-state index contributed by atoms with van der Waals surface area (Å²) in [7, 11) is -3.43. The topological polar surface area (TPSA) is 75.6 Å². The summed E-state index contributed by atoms with van der Waals surface area (Å²) in [6.07, 6.45) is 2.91. The number of rotatable bonds is 9. The van der Waals surface area contributed by atoms with E-state index < -0.39 is 10.0 Å². The van der Waals surface area contributed by atoms with Crippen LogP contribution in [0.1, 0.15) is 26.2 Å². The lowest BCUT2D eigenvalue weighted by atomic mass is 10.3. The second-order valence-corrected chi connectivity index (χ2v) is 5.92. The SMILES string of the molecule is CCCCCNS(=O)(=O)c1ccc(OCCO)cc1. The molecule has 0 aliphatic heterocycles. The van der Waals surface area contributed by atoms with E-state index in [9.17, 15) is 8.42 Å². The molecule has 0 heterocycles. The number of benzene rings is 1. The van der Waals surface area contributed by atoms with Crippen molar-refractivity contribution < 1.29 is 18.3 Å². The van der Waals surface area contributed by atoms with Gasteiger partial charge in [-0.3, -0.25) is 0 Å². The van der Waals surface area contributed by atoms with Gasteiger partial charge in [-0.25, -0.2) is 13.1 Å². The minimum Gasteiger partial charge on any atom is -0.491 e. The van der Waals surface area contributed by atoms with E-state index in [0.29, 0.717) is 12.3 Å². The van der Waals surface area contributed by atoms with Gasteiger partial charge < -0.3 is 9.84 Å². The van der Waals surface area contributed by atoms with Crippen LogP contribution in [0.3, 0.4) is 0 Å². The van der Waals surface area contributed by atoms with Gasteiger partial charge in [0.1, 0.15) is 12.4 Å². The number of hydrogen-bond donors (Lipinski definition) is 2. The van der Waals surface area contributed by atoms with Gasteiger partial charge >= 0.3 is 0 Å². The monoisotopic (exact) mass is 287 g/mol. The van der Waals surface area contributed by atoms with Crippen LogP contribution in [-0.2, 0) is 10.0 Å². The summed E-state index contributed by atoms with van der Waals surface area (Å²) in [5.74, 6) is 0.541. The molecule has 0 bridgehead atoms. The van der Waals surface area contributed by atoms with Crippen LogP contribution >= 0.6 is 0 Å². The second-order valence-electron chi connectivity index (χ2n) is 4.15. The fourth-order valence-corrected chi connectivity index (χ4v) is 2.62. The van der Waals surface area contributed by atoms with Crippen LogP contribution in [0.15, 0.2) is 29.2 Å². The molecule has 5 nitrogen and oxygen atoms in total. The Morgan fingerprint density at radius 1 is 1.21 bits per heavy atom. The first-order valence-corrected chi connectivity index (χ1v) is 7.92. The number of aliphatic hydroxyl groups excluding tert-OH is 1. The molecule has 0 aromatic heterocycles. The van der Waals surface area contributed by atoms with Gasteiger partial charge in [0.25, 0.3) is 0 Å². The highest BCUT2D eigenvalue weighted by atomic mass is 32.2. The maximum atomic E-state index is 11.9. The maximum absolute atomic E-state index is 11.9. The molecule has 0 radical (unpaired) electrons. The van der Waals surface area contributed by atoms with Crippen molar-refractivity contribution in [3.63, 3.8) is 0 Å². The summed E-state index contributed by atoms with van der Waals surface area (Å²) in [6.45, 7) is 2.65. The molecule has 0 amide bonds. The van der Waals surface area contributed by atoms with Crippen molar-refractivity contribution in [2.75, 3.05) is 19.8 Å². The Bertz CT molecular complexity index is 456. The van der Waals surface area contributed by atoms with Crippen LogP contribution in [0.5, 0.6) is 5.75 Å². The van der Waals surface area contributed by atoms with Crippen molar-refractivity contribution in [2.24, 2.45) is 0 Å². The Morgan fingerprint density at radius 3 is 2.47 bits per heavy atom. The fraction of sp³-hybridized carbons (Fsp3) is 0.538. The molecule has 1 aromatic rings. The van der Waals surface area contributed by atoms with E-state index in [-0.39, 0.29) is 18.1 Å². The van der Waals surface area contributed by atoms with Crippen molar-refractivity contribution in [2.45, 2.75) is 31.1 Å². The van der Waals surface area contributed by atoms with Gasteiger partial charge in [-0.1, -0.05) is 19.8 Å². The summed E-state index contributed by atoms with van der Waals surface area (Å²) in [5, 5.41) is 8.62. The van der Waals surface area contributed by atoms with Crippen LogP contribution in [0.25, 0.3) is 0 Å². The molecule has 0 fully saturated rings. The number of nitrogens with one attached hydrogen (secondary N) is 1. The summed E-state index contributed by atoms with van der Waals surface area (Å²) >= 11 is 0. The first-order chi connectivity index (χ1) is 9.10. The number of hydrogen-bond acceptors (Lipinski definition) is 4. The molecular weight excluding hydrogens is 266 g/mol. The molecule has 1 rings (SSSR count). The molecule has 0 saturated carbocycles. The van der Waals surface area contributed by atoms with Crippen molar-refractivity contribution in [3.05, 3.63) is 24.3 Å². The Balaban J connectivity index is 2.58. The Kier molecular flexibility index (Phi) is 6.83. The van der Waals surface area contributed by atoms with Crippen molar-refractivity contribution in [3.8, 4) is 5.75 Å². The van der Waals surface area contributed by atoms with Crippen LogP contribution in [0.4, 0.5) is 0 Å². The average Bonchev–Trinajstić information content (AvgIpc) is 2.42. The summed E-state index contributed by atoms with van der Waals surface area (Å²) < 4.78 is 31.6. The number of unbranched alkanes of at least 4 members (excludes halogenated alkanes) is 2. The van der Waals surface area contributed by atoms with Gasteiger partial charge in [-0.2, -0.15) is 0 Å². The zero-order chi connectivity index (χ0) is 14.1. The summed E-state index contributed by atoms with van der Waals surface area (Å²) in [6, 6.07) is 6.15. The van der Waals surface area contributed by atoms with E-state index in [4.69, 9.17) is 9.84 Å². The highest BCUT2D eigenvalue weighted by Crippen LogP contribution is 2.15. The summed E-state index contributed by atoms with van der Waals surface area (Å²) in [5.41, 5.74) is 0. The normalized spacial score (nSPS) is 11.5. The quantitative estimate of drug-likeness (QED) is 0.675. The van der Waals surface area contributed by atoms with Gasteiger partial charge in [0.05, 0.1) is 11.5 Å². The third-order valence-corrected chi connectivity index (χ3v) is 4.04. The molecule has 0 atom stereocenters. The van der Waals surface area contributed by atoms with Crippen LogP contribution in [0.2, 0.25) is 0 Å². The molecule has 0 saturated heterocycles. The Hall–Kier alpha value is -1.11. The number of ether oxygens (including phenoxy) is 1. The molecule has 0 aliphatic carbocycles. The standard InChI is InChI=1S/C13H21NO4S/c1-2-3-4-9-14-19(16,17)13-7-5-12(6-8-13)18-11-10-15/h5-8,14-15H,2-4,9-11H2,1H3. The van der Waals surface area contributed by atoms with E-state index >= 15 is 0 Å². The minimum absolute atomic E-state index is 0.0704. The van der Waals surface area contributed by atoms with E-state index in [1.807, 2.05) is 0 Å². The van der Waals surface area contributed by atoms with E-state index in [2.05, 4.69) is 11.6 Å². The lowest BCUT2D eigenvalue weighted by Crippen LogP contribution is -2.24. The predicted octanol–water partition coefficient (Wildman–Crippen LogP) is 1.53. The van der Waals surface area contributed by atoms with Gasteiger partial charge in [-0.15, -0.1) is 0 Å². The van der Waals surface area contributed by atoms with Crippen molar-refractivity contribution in [1.29, 1.82) is 0 Å². The van der Waals surface area contributed by atoms with Gasteiger partial charge in [-0.05, 0) is 30.7 Å². The molecule has 0 aliphatic rings. The van der Waals surface area contributed by atoms with E-state index in [1.165, 1.54) is 12.1 Å². The predicted molar refractivity (Wildman–Crippen MR) is 73.7 cm³/mol. The molecule has 108 valence electrons. The molecule has 19 heavy (non-hydrogen) atoms. The fourth-order valence-electron chi connectivity index (χ4n) is 1.54. The highest BCUT2D eigenvalue weighted by Gasteiger charge is 2.12. The smallest absolute Gasteiger partial charge is 0.240 e. The molecule has 0 spiro atoms. The van der Waals surface area contributed by atoms with Gasteiger partial charge in [0.15, 0.2) is 0 Å². The van der Waals surface area contributed by atoms with Crippen molar-refractivity contribution in [1.82, 2.24) is 4.72 Å². The molecule has 2 N–H and O–H groups in total. The average molecular weight is 287 g/mol. The maximum Gasteiger partial charge on any atom is 0.240 e. The molecular formula is C13H21NO4S. The van der Waals surface area contributed by atoms with Gasteiger partial charge in [0, 0.05) is 6.54 Å². The zero-order valence-corrected chi connectivity index (χ0v) is 11.9. The van der Waals surface area contributed by atoms with Gasteiger partial charge in [0.2, 0.25) is 10.0 Å². The van der Waals surface area contributed by atoms with Crippen LogP contribution in [-0.4, -0.2) is 33.3 Å². The van der Waals surface area contributed by atoms with Crippen LogP contribution < -0.4 is 9.46 Å². The lowest BCUT2D eigenvalue weighted by molar-refractivity contribution is 0.201. The largest absolute Gasteiger partial charge is 0.491 e. The highest BCUT2D eigenvalue weighted by molar-refractivity contribution is 7.89. The van der Waals surface area contributed by atoms with Crippen LogP contribution in [0, 0.1) is 0 Å². The van der Waals surface area contributed by atoms with Crippen molar-refractivity contribution >= 4 is 10.0 Å². The lowest BCUT2D eigenvalue weighted by Gasteiger charge is -2.08. The number of aliphatic hydroxyl groups is 1. The molecule has 0 unspecified atom stereocenters. The van der Waals surface area contributed by atoms with E-state index in [1.54, 1.807) is 12.1 Å². The summed E-state index contributed by atoms with van der Waals surface area (Å²) in [4.78, 5) is 0.223.